The van der Waals surface area contributed by atoms with Crippen LogP contribution in [0.3, 0.4) is 0 Å². The van der Waals surface area contributed by atoms with Gasteiger partial charge in [-0.15, -0.1) is 0 Å². The number of unbranched alkanes of at least 4 members (excludes halogenated alkanes) is 1. The van der Waals surface area contributed by atoms with Gasteiger partial charge in [-0.2, -0.15) is 0 Å². The van der Waals surface area contributed by atoms with Crippen LogP contribution >= 0.6 is 95.7 Å². The summed E-state index contributed by atoms with van der Waals surface area (Å²) >= 11 is 10.2. The molecule has 0 radical (unpaired) electrons. The molecule has 0 aromatic heterocycles. The molecule has 0 aromatic carbocycles. The summed E-state index contributed by atoms with van der Waals surface area (Å²) in [6, 6.07) is 0. The molecule has 11 heavy (non-hydrogen) atoms. The predicted octanol–water partition coefficient (Wildman–Crippen LogP) is 5.32. The molecular formula is C4H11I4NS2. The number of halogens is 4. The Labute approximate surface area is 123 Å². The van der Waals surface area contributed by atoms with E-state index in [4.69, 9.17) is 0 Å². The Bertz CT molecular complexity index is 94.1. The normalized spacial score (nSPS) is 13.6. The lowest BCUT2D eigenvalue weighted by Gasteiger charge is -2.29. The Morgan fingerprint density at radius 2 is 1.55 bits per heavy atom. The lowest BCUT2D eigenvalue weighted by molar-refractivity contribution is 0.669. The second-order valence-electron chi connectivity index (χ2n) is 1.88. The minimum absolute atomic E-state index is 0.0722. The largest absolute Gasteiger partial charge is 0.202 e. The first kappa shape index (κ1) is 14.6. The molecule has 0 aliphatic heterocycles. The van der Waals surface area contributed by atoms with Crippen molar-refractivity contribution in [3.8, 4) is 0 Å². The maximum atomic E-state index is 2.62. The maximum Gasteiger partial charge on any atom is 0.0194 e. The molecule has 0 spiro atoms. The summed E-state index contributed by atoms with van der Waals surface area (Å²) in [5, 5.41) is 0. The second-order valence-corrected chi connectivity index (χ2v) is 26.1. The van der Waals surface area contributed by atoms with Crippen LogP contribution in [-0.2, 0) is 0 Å². The van der Waals surface area contributed by atoms with E-state index in [1.54, 1.807) is 0 Å². The summed E-state index contributed by atoms with van der Waals surface area (Å²) in [6.45, 7) is 3.54. The Morgan fingerprint density at radius 1 is 1.09 bits per heavy atom. The fraction of sp³-hybridized carbons (Fsp3) is 1.00. The van der Waals surface area contributed by atoms with Crippen molar-refractivity contribution in [1.82, 2.24) is 3.71 Å². The van der Waals surface area contributed by atoms with Gasteiger partial charge in [-0.25, -0.2) is 3.71 Å². The van der Waals surface area contributed by atoms with E-state index in [1.165, 1.54) is 19.4 Å². The van der Waals surface area contributed by atoms with E-state index in [0.29, 0.717) is 0 Å². The zero-order chi connectivity index (χ0) is 8.85. The van der Waals surface area contributed by atoms with Crippen LogP contribution in [0.5, 0.6) is 0 Å². The molecule has 1 nitrogen and oxygen atoms in total. The van der Waals surface area contributed by atoms with E-state index >= 15 is 0 Å². The molecule has 0 saturated heterocycles. The summed E-state index contributed by atoms with van der Waals surface area (Å²) in [4.78, 5) is 0. The molecular weight excluding hydrogens is 634 g/mol. The van der Waals surface area contributed by atoms with Gasteiger partial charge in [-0.1, -0.05) is 24.2 Å². The van der Waals surface area contributed by atoms with E-state index in [0.717, 1.165) is 0 Å². The summed E-state index contributed by atoms with van der Waals surface area (Å²) in [5.74, 6) is 0. The van der Waals surface area contributed by atoms with Gasteiger partial charge in [0.1, 0.15) is 0 Å². The number of nitrogens with zero attached hydrogens (tertiary/aromatic N) is 1. The fourth-order valence-electron chi connectivity index (χ4n) is 0.502. The summed E-state index contributed by atoms with van der Waals surface area (Å²) in [6.07, 6.45) is 2.65. The molecule has 0 aromatic rings. The molecule has 0 aliphatic rings. The zero-order valence-corrected chi connectivity index (χ0v) is 16.4. The summed E-state index contributed by atoms with van der Waals surface area (Å²) in [7, 11) is 0. The first-order valence-corrected chi connectivity index (χ1v) is 16.8. The Balaban J connectivity index is 3.70. The van der Waals surface area contributed by atoms with E-state index < -0.39 is 0 Å². The van der Waals surface area contributed by atoms with Gasteiger partial charge < -0.3 is 0 Å². The highest BCUT2D eigenvalue weighted by atomic mass is 127. The standard InChI is InChI=1S/C4H11I4NS2/c1-2-3-4-9(10(5)6)11(7)8/h10-11H,2-4H2,1H3. The third-order valence-corrected chi connectivity index (χ3v) is 13.6. The number of hydrogen-bond donors (Lipinski definition) is 2. The highest BCUT2D eigenvalue weighted by Gasteiger charge is 2.11. The quantitative estimate of drug-likeness (QED) is 0.303. The van der Waals surface area contributed by atoms with Crippen LogP contribution in [0.4, 0.5) is 0 Å². The highest BCUT2D eigenvalue weighted by molar-refractivity contribution is 14.3. The zero-order valence-electron chi connectivity index (χ0n) is 5.97. The van der Waals surface area contributed by atoms with Crippen molar-refractivity contribution in [3.63, 3.8) is 0 Å². The van der Waals surface area contributed by atoms with Gasteiger partial charge in [0.25, 0.3) is 0 Å². The van der Waals surface area contributed by atoms with E-state index in [2.05, 4.69) is 95.5 Å². The van der Waals surface area contributed by atoms with Gasteiger partial charge in [-0.05, 0) is 91.2 Å². The first-order valence-electron chi connectivity index (χ1n) is 3.10. The minimum Gasteiger partial charge on any atom is -0.202 e. The molecule has 0 aliphatic carbocycles. The topological polar surface area (TPSA) is 3.24 Å². The van der Waals surface area contributed by atoms with Crippen LogP contribution in [0.25, 0.3) is 0 Å². The van der Waals surface area contributed by atoms with Crippen molar-refractivity contribution < 1.29 is 0 Å². The molecule has 0 rings (SSSR count). The van der Waals surface area contributed by atoms with E-state index in [9.17, 15) is 0 Å². The highest BCUT2D eigenvalue weighted by Crippen LogP contribution is 2.61. The lowest BCUT2D eigenvalue weighted by atomic mass is 10.3. The van der Waals surface area contributed by atoms with E-state index in [1.807, 2.05) is 0 Å². The van der Waals surface area contributed by atoms with Crippen molar-refractivity contribution in [3.05, 3.63) is 0 Å². The van der Waals surface area contributed by atoms with Crippen LogP contribution < -0.4 is 0 Å². The average Bonchev–Trinajstić information content (AvgIpc) is 1.87. The monoisotopic (exact) mass is 645 g/mol. The minimum atomic E-state index is 0.0722. The van der Waals surface area contributed by atoms with E-state index in [-0.39, 0.29) is 10.8 Å². The molecule has 0 amide bonds. The van der Waals surface area contributed by atoms with Crippen LogP contribution in [-0.4, -0.2) is 10.3 Å². The van der Waals surface area contributed by atoms with Crippen molar-refractivity contribution >= 4 is 95.7 Å². The lowest BCUT2D eigenvalue weighted by Crippen LogP contribution is -2.08. The van der Waals surface area contributed by atoms with Crippen molar-refractivity contribution in [1.29, 1.82) is 0 Å². The fourth-order valence-corrected chi connectivity index (χ4v) is 24.3. The number of thiol groups is 2. The first-order chi connectivity index (χ1) is 5.09. The molecule has 7 heteroatoms. The van der Waals surface area contributed by atoms with Gasteiger partial charge in [0.15, 0.2) is 0 Å². The van der Waals surface area contributed by atoms with Gasteiger partial charge in [-0.3, -0.25) is 0 Å². The van der Waals surface area contributed by atoms with Crippen LogP contribution in [0.2, 0.25) is 0 Å². The SMILES string of the molecule is CCCCN([SH](I)I)[SH](I)I. The third-order valence-electron chi connectivity index (χ3n) is 1.06. The van der Waals surface area contributed by atoms with Crippen LogP contribution in [0, 0.1) is 0 Å². The Kier molecular flexibility index (Phi) is 11.7. The van der Waals surface area contributed by atoms with Crippen molar-refractivity contribution in [2.45, 2.75) is 19.8 Å². The summed E-state index contributed by atoms with van der Waals surface area (Å²) < 4.78 is 2.62. The molecule has 0 fully saturated rings. The van der Waals surface area contributed by atoms with Gasteiger partial charge in [0, 0.05) is 6.54 Å². The van der Waals surface area contributed by atoms with Crippen LogP contribution in [0.15, 0.2) is 0 Å². The van der Waals surface area contributed by atoms with Gasteiger partial charge in [0.2, 0.25) is 0 Å². The molecule has 0 bridgehead atoms. The Hall–Kier alpha value is 3.58. The van der Waals surface area contributed by atoms with Gasteiger partial charge in [0.05, 0.1) is 0 Å². The maximum absolute atomic E-state index is 2.62. The van der Waals surface area contributed by atoms with Gasteiger partial charge >= 0.3 is 0 Å². The second kappa shape index (κ2) is 8.85. The molecule has 0 saturated carbocycles. The average molecular weight is 645 g/mol. The number of rotatable bonds is 5. The molecule has 0 unspecified atom stereocenters. The Morgan fingerprint density at radius 3 is 1.82 bits per heavy atom. The predicted molar refractivity (Wildman–Crippen MR) is 95.7 cm³/mol. The molecule has 0 N–H and O–H groups in total. The molecule has 0 atom stereocenters. The molecule has 72 valence electrons. The van der Waals surface area contributed by atoms with Crippen molar-refractivity contribution in [2.75, 3.05) is 6.54 Å². The number of hydrogen-bond acceptors (Lipinski definition) is 1. The van der Waals surface area contributed by atoms with Crippen LogP contribution in [0.1, 0.15) is 19.8 Å². The van der Waals surface area contributed by atoms with Crippen molar-refractivity contribution in [2.24, 2.45) is 0 Å². The summed E-state index contributed by atoms with van der Waals surface area (Å²) in [5.41, 5.74) is 0.144. The third kappa shape index (κ3) is 7.50. The smallest absolute Gasteiger partial charge is 0.0194 e. The molecule has 0 heterocycles.